The Balaban J connectivity index is 1.97. The van der Waals surface area contributed by atoms with Gasteiger partial charge in [-0.25, -0.2) is 8.42 Å². The molecule has 10 heteroatoms. The first-order chi connectivity index (χ1) is 13.7. The van der Waals surface area contributed by atoms with Crippen LogP contribution < -0.4 is 15.8 Å². The second kappa shape index (κ2) is 8.13. The molecule has 1 saturated heterocycles. The predicted octanol–water partition coefficient (Wildman–Crippen LogP) is 2.51. The molecule has 1 aliphatic rings. The molecule has 3 rings (SSSR count). The Kier molecular flexibility index (Phi) is 5.97. The van der Waals surface area contributed by atoms with Crippen LogP contribution in [0.4, 0.5) is 5.00 Å². The maximum absolute atomic E-state index is 13.0. The van der Waals surface area contributed by atoms with E-state index in [9.17, 15) is 18.0 Å². The summed E-state index contributed by atoms with van der Waals surface area (Å²) in [7, 11) is -2.39. The van der Waals surface area contributed by atoms with E-state index in [1.54, 1.807) is 6.92 Å². The van der Waals surface area contributed by atoms with Gasteiger partial charge < -0.3 is 15.8 Å². The highest BCUT2D eigenvalue weighted by Crippen LogP contribution is 2.33. The molecule has 29 heavy (non-hydrogen) atoms. The molecule has 2 heterocycles. The number of rotatable bonds is 6. The van der Waals surface area contributed by atoms with Crippen LogP contribution in [0.2, 0.25) is 0 Å². The van der Waals surface area contributed by atoms with Gasteiger partial charge in [-0.05, 0) is 50.5 Å². The normalized spacial score (nSPS) is 14.7. The van der Waals surface area contributed by atoms with Crippen LogP contribution in [0.1, 0.15) is 44.0 Å². The average molecular weight is 438 g/mol. The van der Waals surface area contributed by atoms with Gasteiger partial charge in [0, 0.05) is 23.5 Å². The van der Waals surface area contributed by atoms with E-state index < -0.39 is 21.8 Å². The van der Waals surface area contributed by atoms with Crippen molar-refractivity contribution in [3.05, 3.63) is 39.8 Å². The Morgan fingerprint density at radius 2 is 1.86 bits per heavy atom. The van der Waals surface area contributed by atoms with Crippen LogP contribution in [-0.4, -0.2) is 44.7 Å². The molecule has 0 saturated carbocycles. The van der Waals surface area contributed by atoms with E-state index in [0.29, 0.717) is 23.7 Å². The van der Waals surface area contributed by atoms with Gasteiger partial charge >= 0.3 is 0 Å². The van der Waals surface area contributed by atoms with Crippen molar-refractivity contribution in [3.8, 4) is 5.75 Å². The summed E-state index contributed by atoms with van der Waals surface area (Å²) in [4.78, 5) is 25.4. The van der Waals surface area contributed by atoms with Crippen molar-refractivity contribution in [3.63, 3.8) is 0 Å². The number of benzene rings is 1. The van der Waals surface area contributed by atoms with Gasteiger partial charge in [0.05, 0.1) is 12.7 Å². The smallest absolute Gasteiger partial charge is 0.256 e. The highest BCUT2D eigenvalue weighted by Gasteiger charge is 2.31. The van der Waals surface area contributed by atoms with Crippen LogP contribution >= 0.6 is 11.3 Å². The molecule has 2 aromatic rings. The van der Waals surface area contributed by atoms with Gasteiger partial charge in [-0.3, -0.25) is 9.59 Å². The van der Waals surface area contributed by atoms with E-state index in [2.05, 4.69) is 5.32 Å². The predicted molar refractivity (Wildman–Crippen MR) is 111 cm³/mol. The minimum absolute atomic E-state index is 0.0526. The summed E-state index contributed by atoms with van der Waals surface area (Å²) in [6.45, 7) is 4.47. The van der Waals surface area contributed by atoms with E-state index >= 15 is 0 Å². The first-order valence-electron chi connectivity index (χ1n) is 9.06. The number of nitrogens with one attached hydrogen (secondary N) is 1. The van der Waals surface area contributed by atoms with Gasteiger partial charge in [0.1, 0.15) is 15.6 Å². The Morgan fingerprint density at radius 1 is 1.21 bits per heavy atom. The minimum Gasteiger partial charge on any atom is -0.495 e. The summed E-state index contributed by atoms with van der Waals surface area (Å²) < 4.78 is 32.6. The standard InChI is InChI=1S/C19H23N3O5S2/c1-11-12(2)28-19(16(11)17(20)23)21-18(24)13-6-7-14(27-3)15(10-13)29(25,26)22-8-4-5-9-22/h6-7,10H,4-5,8-9H2,1-3H3,(H2,20,23)(H,21,24). The van der Waals surface area contributed by atoms with Gasteiger partial charge in [0.2, 0.25) is 10.0 Å². The van der Waals surface area contributed by atoms with E-state index in [4.69, 9.17) is 10.5 Å². The number of thiophene rings is 1. The van der Waals surface area contributed by atoms with Gasteiger partial charge in [0.25, 0.3) is 11.8 Å². The number of carbonyl (C=O) groups excluding carboxylic acids is 2. The number of amides is 2. The second-order valence-corrected chi connectivity index (χ2v) is 9.91. The maximum Gasteiger partial charge on any atom is 0.256 e. The number of sulfonamides is 1. The molecular weight excluding hydrogens is 414 g/mol. The maximum atomic E-state index is 13.0. The molecule has 0 atom stereocenters. The van der Waals surface area contributed by atoms with Crippen molar-refractivity contribution in [1.29, 1.82) is 0 Å². The molecule has 0 aliphatic carbocycles. The lowest BCUT2D eigenvalue weighted by Gasteiger charge is -2.18. The van der Waals surface area contributed by atoms with Crippen LogP contribution in [0, 0.1) is 13.8 Å². The summed E-state index contributed by atoms with van der Waals surface area (Å²) in [5.41, 5.74) is 6.56. The zero-order valence-corrected chi connectivity index (χ0v) is 18.1. The lowest BCUT2D eigenvalue weighted by Crippen LogP contribution is -2.28. The zero-order valence-electron chi connectivity index (χ0n) is 16.4. The third kappa shape index (κ3) is 4.00. The topological polar surface area (TPSA) is 119 Å². The SMILES string of the molecule is COc1ccc(C(=O)Nc2sc(C)c(C)c2C(N)=O)cc1S(=O)(=O)N1CCCC1. The minimum atomic E-state index is -3.78. The molecule has 2 amide bonds. The highest BCUT2D eigenvalue weighted by atomic mass is 32.2. The van der Waals surface area contributed by atoms with Crippen molar-refractivity contribution in [2.75, 3.05) is 25.5 Å². The fraction of sp³-hybridized carbons (Fsp3) is 0.368. The second-order valence-electron chi connectivity index (χ2n) is 6.78. The number of carbonyl (C=O) groups is 2. The number of hydrogen-bond donors (Lipinski definition) is 2. The summed E-state index contributed by atoms with van der Waals surface area (Å²) >= 11 is 1.25. The van der Waals surface area contributed by atoms with Gasteiger partial charge in [0.15, 0.2) is 0 Å². The lowest BCUT2D eigenvalue weighted by atomic mass is 10.1. The Bertz CT molecular complexity index is 1070. The highest BCUT2D eigenvalue weighted by molar-refractivity contribution is 7.89. The Labute approximate surface area is 173 Å². The lowest BCUT2D eigenvalue weighted by molar-refractivity contribution is 0.100. The summed E-state index contributed by atoms with van der Waals surface area (Å²) in [6, 6.07) is 4.24. The third-order valence-electron chi connectivity index (χ3n) is 4.97. The Morgan fingerprint density at radius 3 is 2.45 bits per heavy atom. The van der Waals surface area contributed by atoms with E-state index in [-0.39, 0.29) is 21.8 Å². The first-order valence-corrected chi connectivity index (χ1v) is 11.3. The zero-order chi connectivity index (χ0) is 21.3. The van der Waals surface area contributed by atoms with Crippen molar-refractivity contribution >= 4 is 38.2 Å². The number of ether oxygens (including phenoxy) is 1. The number of aryl methyl sites for hydroxylation is 1. The molecule has 0 unspecified atom stereocenters. The van der Waals surface area contributed by atoms with Crippen LogP contribution in [0.3, 0.4) is 0 Å². The van der Waals surface area contributed by atoms with Crippen molar-refractivity contribution in [2.24, 2.45) is 5.73 Å². The quantitative estimate of drug-likeness (QED) is 0.720. The molecule has 3 N–H and O–H groups in total. The van der Waals surface area contributed by atoms with Gasteiger partial charge in [-0.15, -0.1) is 11.3 Å². The van der Waals surface area contributed by atoms with Crippen LogP contribution in [0.5, 0.6) is 5.75 Å². The van der Waals surface area contributed by atoms with Crippen LogP contribution in [0.25, 0.3) is 0 Å². The van der Waals surface area contributed by atoms with Gasteiger partial charge in [-0.1, -0.05) is 0 Å². The molecule has 1 aromatic carbocycles. The number of hydrogen-bond acceptors (Lipinski definition) is 6. The third-order valence-corrected chi connectivity index (χ3v) is 8.01. The summed E-state index contributed by atoms with van der Waals surface area (Å²) in [5, 5.41) is 3.03. The average Bonchev–Trinajstić information content (AvgIpc) is 3.30. The number of anilines is 1. The van der Waals surface area contributed by atoms with Crippen molar-refractivity contribution < 1.29 is 22.7 Å². The van der Waals surface area contributed by atoms with Gasteiger partial charge in [-0.2, -0.15) is 4.31 Å². The molecule has 1 fully saturated rings. The molecule has 0 spiro atoms. The molecule has 0 bridgehead atoms. The van der Waals surface area contributed by atoms with E-state index in [1.165, 1.54) is 41.0 Å². The fourth-order valence-electron chi connectivity index (χ4n) is 3.27. The molecule has 156 valence electrons. The largest absolute Gasteiger partial charge is 0.495 e. The Hall–Kier alpha value is -2.43. The number of methoxy groups -OCH3 is 1. The summed E-state index contributed by atoms with van der Waals surface area (Å²) in [5.74, 6) is -0.988. The van der Waals surface area contributed by atoms with E-state index in [1.807, 2.05) is 6.92 Å². The summed E-state index contributed by atoms with van der Waals surface area (Å²) in [6.07, 6.45) is 1.60. The van der Waals surface area contributed by atoms with Crippen LogP contribution in [-0.2, 0) is 10.0 Å². The first kappa shape index (κ1) is 21.3. The molecule has 1 aliphatic heterocycles. The number of nitrogens with zero attached hydrogens (tertiary/aromatic N) is 1. The molecule has 0 radical (unpaired) electrons. The van der Waals surface area contributed by atoms with E-state index in [0.717, 1.165) is 17.7 Å². The molecule has 8 nitrogen and oxygen atoms in total. The number of primary amides is 1. The van der Waals surface area contributed by atoms with Crippen molar-refractivity contribution in [2.45, 2.75) is 31.6 Å². The van der Waals surface area contributed by atoms with Crippen LogP contribution in [0.15, 0.2) is 23.1 Å². The molecule has 1 aromatic heterocycles. The van der Waals surface area contributed by atoms with Crippen molar-refractivity contribution in [1.82, 2.24) is 4.31 Å². The molecular formula is C19H23N3O5S2. The fourth-order valence-corrected chi connectivity index (χ4v) is 6.03. The monoisotopic (exact) mass is 437 g/mol. The number of nitrogens with two attached hydrogens (primary N) is 1.